The van der Waals surface area contributed by atoms with Gasteiger partial charge in [0.2, 0.25) is 0 Å². The molecule has 204 valence electrons. The molecule has 0 aliphatic carbocycles. The average Bonchev–Trinajstić information content (AvgIpc) is 2.93. The summed E-state index contributed by atoms with van der Waals surface area (Å²) in [5.41, 5.74) is 1.42. The first-order valence-electron chi connectivity index (χ1n) is 12.3. The van der Waals surface area contributed by atoms with Gasteiger partial charge >= 0.3 is 0 Å². The summed E-state index contributed by atoms with van der Waals surface area (Å²) in [7, 11) is 0. The van der Waals surface area contributed by atoms with Crippen molar-refractivity contribution in [2.45, 2.75) is 61.4 Å². The minimum absolute atomic E-state index is 0.0796. The first-order chi connectivity index (χ1) is 17.8. The van der Waals surface area contributed by atoms with E-state index in [1.807, 2.05) is 36.4 Å². The van der Waals surface area contributed by atoms with Gasteiger partial charge in [0.1, 0.15) is 36.6 Å². The van der Waals surface area contributed by atoms with Crippen LogP contribution in [-0.2, 0) is 18.9 Å². The molecule has 37 heavy (non-hydrogen) atoms. The Hall–Kier alpha value is -2.00. The molecular weight excluding hydrogens is 486 g/mol. The molecule has 2 aliphatic rings. The van der Waals surface area contributed by atoms with Gasteiger partial charge < -0.3 is 54.9 Å². The Morgan fingerprint density at radius 2 is 1.03 bits per heavy atom. The molecule has 2 aromatic carbocycles. The van der Waals surface area contributed by atoms with Crippen LogP contribution in [0, 0.1) is 0 Å². The average molecular weight is 522 g/mol. The molecule has 10 atom stereocenters. The monoisotopic (exact) mass is 521 g/mol. The molecule has 2 heterocycles. The van der Waals surface area contributed by atoms with E-state index < -0.39 is 61.4 Å². The maximum Gasteiger partial charge on any atom is 0.184 e. The highest BCUT2D eigenvalue weighted by Crippen LogP contribution is 2.30. The highest BCUT2D eigenvalue weighted by atomic mass is 16.7. The van der Waals surface area contributed by atoms with Crippen LogP contribution < -0.4 is 5.32 Å². The van der Waals surface area contributed by atoms with E-state index in [1.54, 1.807) is 24.3 Å². The molecule has 2 aliphatic heterocycles. The predicted molar refractivity (Wildman–Crippen MR) is 129 cm³/mol. The van der Waals surface area contributed by atoms with Crippen molar-refractivity contribution in [1.29, 1.82) is 0 Å². The summed E-state index contributed by atoms with van der Waals surface area (Å²) < 4.78 is 22.4. The standard InChI is InChI=1S/C26H35NO10/c28-17(21(32)23-19(30)13-34-25(36-23)15-7-3-1-4-8-15)11-27-12-18(29)22(33)24-20(31)14-35-26(37-24)16-9-5-2-6-10-16/h1-10,17-33H,11-14H2. The molecule has 7 N–H and O–H groups in total. The van der Waals surface area contributed by atoms with Crippen LogP contribution in [0.15, 0.2) is 60.7 Å². The normalized spacial score (nSPS) is 31.8. The SMILES string of the molecule is OC(CNCC(O)C(O)C1OC(c2ccccc2)OCC1O)C(O)C1OC(c2ccccc2)OCC1O. The van der Waals surface area contributed by atoms with Gasteiger partial charge in [-0.3, -0.25) is 0 Å². The maximum absolute atomic E-state index is 10.6. The second kappa shape index (κ2) is 13.2. The highest BCUT2D eigenvalue weighted by Gasteiger charge is 2.41. The van der Waals surface area contributed by atoms with E-state index in [0.717, 1.165) is 0 Å². The molecule has 2 aromatic rings. The van der Waals surface area contributed by atoms with Gasteiger partial charge in [-0.25, -0.2) is 0 Å². The number of aliphatic hydroxyl groups excluding tert-OH is 6. The van der Waals surface area contributed by atoms with Crippen LogP contribution in [0.5, 0.6) is 0 Å². The van der Waals surface area contributed by atoms with Crippen molar-refractivity contribution < 1.29 is 49.6 Å². The van der Waals surface area contributed by atoms with Crippen molar-refractivity contribution in [3.05, 3.63) is 71.8 Å². The Bertz CT molecular complexity index is 862. The van der Waals surface area contributed by atoms with Crippen LogP contribution >= 0.6 is 0 Å². The molecular formula is C26H35NO10. The number of benzene rings is 2. The first-order valence-corrected chi connectivity index (χ1v) is 12.3. The fraction of sp³-hybridized carbons (Fsp3) is 0.538. The van der Waals surface area contributed by atoms with E-state index in [4.69, 9.17) is 18.9 Å². The molecule has 0 saturated carbocycles. The maximum atomic E-state index is 10.6. The quantitative estimate of drug-likeness (QED) is 0.204. The second-order valence-corrected chi connectivity index (χ2v) is 9.26. The molecule has 2 fully saturated rings. The summed E-state index contributed by atoms with van der Waals surface area (Å²) >= 11 is 0. The zero-order valence-electron chi connectivity index (χ0n) is 20.2. The summed E-state index contributed by atoms with van der Waals surface area (Å²) in [6.45, 7) is -0.496. The van der Waals surface area contributed by atoms with Crippen LogP contribution in [0.2, 0.25) is 0 Å². The molecule has 0 aromatic heterocycles. The lowest BCUT2D eigenvalue weighted by Gasteiger charge is -2.38. The van der Waals surface area contributed by atoms with E-state index in [1.165, 1.54) is 0 Å². The van der Waals surface area contributed by atoms with E-state index in [0.29, 0.717) is 11.1 Å². The number of ether oxygens (including phenoxy) is 4. The van der Waals surface area contributed by atoms with E-state index in [2.05, 4.69) is 5.32 Å². The smallest absolute Gasteiger partial charge is 0.184 e. The molecule has 4 rings (SSSR count). The van der Waals surface area contributed by atoms with Crippen molar-refractivity contribution >= 4 is 0 Å². The summed E-state index contributed by atoms with van der Waals surface area (Å²) in [6, 6.07) is 18.1. The minimum Gasteiger partial charge on any atom is -0.389 e. The van der Waals surface area contributed by atoms with Crippen LogP contribution in [0.3, 0.4) is 0 Å². The fourth-order valence-electron chi connectivity index (χ4n) is 4.35. The topological polar surface area (TPSA) is 170 Å². The number of hydrogen-bond donors (Lipinski definition) is 7. The van der Waals surface area contributed by atoms with Crippen LogP contribution in [0.25, 0.3) is 0 Å². The van der Waals surface area contributed by atoms with Gasteiger partial charge in [-0.2, -0.15) is 0 Å². The Balaban J connectivity index is 1.25. The Kier molecular flexibility index (Phi) is 9.98. The largest absolute Gasteiger partial charge is 0.389 e. The van der Waals surface area contributed by atoms with Crippen molar-refractivity contribution in [3.8, 4) is 0 Å². The lowest BCUT2D eigenvalue weighted by atomic mass is 10.0. The molecule has 10 unspecified atom stereocenters. The van der Waals surface area contributed by atoms with Crippen molar-refractivity contribution in [2.24, 2.45) is 0 Å². The van der Waals surface area contributed by atoms with Crippen molar-refractivity contribution in [1.82, 2.24) is 5.32 Å². The fourth-order valence-corrected chi connectivity index (χ4v) is 4.35. The first kappa shape index (κ1) is 28.0. The summed E-state index contributed by atoms with van der Waals surface area (Å²) in [4.78, 5) is 0. The minimum atomic E-state index is -1.45. The van der Waals surface area contributed by atoms with Gasteiger partial charge in [0.05, 0.1) is 25.4 Å². The summed E-state index contributed by atoms with van der Waals surface area (Å²) in [6.07, 6.45) is -11.7. The van der Waals surface area contributed by atoms with Gasteiger partial charge in [0.25, 0.3) is 0 Å². The third-order valence-corrected chi connectivity index (χ3v) is 6.47. The molecule has 11 heteroatoms. The van der Waals surface area contributed by atoms with E-state index in [-0.39, 0.29) is 26.3 Å². The number of aliphatic hydroxyl groups is 6. The molecule has 0 radical (unpaired) electrons. The number of nitrogens with one attached hydrogen (secondary N) is 1. The second-order valence-electron chi connectivity index (χ2n) is 9.26. The van der Waals surface area contributed by atoms with Crippen molar-refractivity contribution in [2.75, 3.05) is 26.3 Å². The third-order valence-electron chi connectivity index (χ3n) is 6.47. The Morgan fingerprint density at radius 1 is 0.649 bits per heavy atom. The van der Waals surface area contributed by atoms with Gasteiger partial charge in [-0.15, -0.1) is 0 Å². The van der Waals surface area contributed by atoms with Crippen molar-refractivity contribution in [3.63, 3.8) is 0 Å². The van der Waals surface area contributed by atoms with Gasteiger partial charge in [-0.1, -0.05) is 60.7 Å². The Morgan fingerprint density at radius 3 is 1.41 bits per heavy atom. The lowest BCUT2D eigenvalue weighted by Crippen LogP contribution is -2.55. The molecule has 11 nitrogen and oxygen atoms in total. The van der Waals surface area contributed by atoms with Gasteiger partial charge in [0, 0.05) is 24.2 Å². The number of rotatable bonds is 10. The molecule has 0 bridgehead atoms. The van der Waals surface area contributed by atoms with Crippen LogP contribution in [0.4, 0.5) is 0 Å². The van der Waals surface area contributed by atoms with Gasteiger partial charge in [-0.05, 0) is 0 Å². The predicted octanol–water partition coefficient (Wildman–Crippen LogP) is -1.03. The Labute approximate surface area is 214 Å². The molecule has 2 saturated heterocycles. The molecule has 0 amide bonds. The zero-order chi connectivity index (χ0) is 26.4. The lowest BCUT2D eigenvalue weighted by molar-refractivity contribution is -0.283. The highest BCUT2D eigenvalue weighted by molar-refractivity contribution is 5.17. The van der Waals surface area contributed by atoms with Gasteiger partial charge in [0.15, 0.2) is 12.6 Å². The summed E-state index contributed by atoms with van der Waals surface area (Å²) in [5.74, 6) is 0. The number of hydrogen-bond acceptors (Lipinski definition) is 11. The summed E-state index contributed by atoms with van der Waals surface area (Å²) in [5, 5.41) is 65.5. The third kappa shape index (κ3) is 7.11. The van der Waals surface area contributed by atoms with E-state index in [9.17, 15) is 30.6 Å². The zero-order valence-corrected chi connectivity index (χ0v) is 20.2. The van der Waals surface area contributed by atoms with Crippen LogP contribution in [0.1, 0.15) is 23.7 Å². The molecule has 0 spiro atoms. The van der Waals surface area contributed by atoms with E-state index >= 15 is 0 Å². The van der Waals surface area contributed by atoms with Crippen LogP contribution in [-0.4, -0.2) is 106 Å².